The molecule has 3 heterocycles. The molecule has 13 heteroatoms. The number of benzene rings is 1. The molecule has 0 saturated carbocycles. The number of pyridine rings is 1. The molecule has 0 radical (unpaired) electrons. The van der Waals surface area contributed by atoms with Crippen LogP contribution < -0.4 is 5.32 Å². The number of aliphatic carboxylic acids is 1. The zero-order valence-corrected chi connectivity index (χ0v) is 20.3. The number of fused-ring (bicyclic) bond motifs is 3. The lowest BCUT2D eigenvalue weighted by Crippen LogP contribution is -2.27. The Morgan fingerprint density at radius 3 is 2.22 bits per heavy atom. The van der Waals surface area contributed by atoms with E-state index in [0.29, 0.717) is 11.2 Å². The van der Waals surface area contributed by atoms with Gasteiger partial charge in [-0.3, -0.25) is 9.78 Å². The number of carbonyl (C=O) groups is 2. The van der Waals surface area contributed by atoms with E-state index in [2.05, 4.69) is 14.9 Å². The number of aromatic nitrogens is 3. The zero-order chi connectivity index (χ0) is 26.8. The van der Waals surface area contributed by atoms with Gasteiger partial charge in [0, 0.05) is 17.6 Å². The second kappa shape index (κ2) is 10.0. The minimum absolute atomic E-state index is 0.0913. The number of carbonyl (C=O) groups excluding carboxylic acids is 1. The molecule has 0 fully saturated rings. The predicted octanol–water partition coefficient (Wildman–Crippen LogP) is 3.94. The Balaban J connectivity index is 0.000000454. The number of amides is 1. The summed E-state index contributed by atoms with van der Waals surface area (Å²) < 4.78 is 60.3. The first-order valence-electron chi connectivity index (χ1n) is 10.6. The topological polar surface area (TPSA) is 123 Å². The summed E-state index contributed by atoms with van der Waals surface area (Å²) in [5.74, 6) is -3.22. The Morgan fingerprint density at radius 2 is 1.69 bits per heavy atom. The van der Waals surface area contributed by atoms with Crippen LogP contribution in [0.1, 0.15) is 36.1 Å². The summed E-state index contributed by atoms with van der Waals surface area (Å²) in [6.45, 7) is 4.28. The number of hydrogen-bond acceptors (Lipinski definition) is 5. The third-order valence-electron chi connectivity index (χ3n) is 5.10. The van der Waals surface area contributed by atoms with Crippen LogP contribution in [-0.2, 0) is 21.4 Å². The van der Waals surface area contributed by atoms with Gasteiger partial charge < -0.3 is 15.0 Å². The second-order valence-electron chi connectivity index (χ2n) is 8.08. The standard InChI is InChI=1S/C21H22N4O3S.C2HF3O2/c1-14(2)24-17-10-5-4-9-16(17)20-18(24)12-19(25(20)29(3,27)28)21(26)23-13-15-8-6-7-11-22-15;3-2(4,5)1(6)7/h4-12,14H,13H2,1-3H3,(H,23,26);(H,6,7). The highest BCUT2D eigenvalue weighted by molar-refractivity contribution is 7.89. The van der Waals surface area contributed by atoms with E-state index in [4.69, 9.17) is 9.90 Å². The third kappa shape index (κ3) is 5.51. The first-order chi connectivity index (χ1) is 16.7. The Labute approximate surface area is 204 Å². The van der Waals surface area contributed by atoms with Crippen LogP contribution in [0.15, 0.2) is 54.7 Å². The average Bonchev–Trinajstić information content (AvgIpc) is 3.32. The summed E-state index contributed by atoms with van der Waals surface area (Å²) in [5, 5.41) is 10.7. The molecular formula is C23H23F3N4O5S. The van der Waals surface area contributed by atoms with Crippen molar-refractivity contribution in [2.75, 3.05) is 6.26 Å². The summed E-state index contributed by atoms with van der Waals surface area (Å²) in [4.78, 5) is 26.0. The van der Waals surface area contributed by atoms with Crippen molar-refractivity contribution in [3.63, 3.8) is 0 Å². The van der Waals surface area contributed by atoms with Crippen molar-refractivity contribution in [3.05, 3.63) is 66.1 Å². The molecule has 0 atom stereocenters. The normalized spacial score (nSPS) is 12.0. The monoisotopic (exact) mass is 524 g/mol. The maximum Gasteiger partial charge on any atom is 0.490 e. The minimum Gasteiger partial charge on any atom is -0.475 e. The van der Waals surface area contributed by atoms with Crippen molar-refractivity contribution in [2.45, 2.75) is 32.6 Å². The Bertz CT molecular complexity index is 1520. The molecule has 0 saturated heterocycles. The number of hydrogen-bond donors (Lipinski definition) is 2. The van der Waals surface area contributed by atoms with Gasteiger partial charge in [-0.25, -0.2) is 17.2 Å². The second-order valence-corrected chi connectivity index (χ2v) is 9.91. The molecule has 192 valence electrons. The summed E-state index contributed by atoms with van der Waals surface area (Å²) in [6, 6.07) is 14.8. The van der Waals surface area contributed by atoms with Gasteiger partial charge in [0.05, 0.1) is 35.0 Å². The van der Waals surface area contributed by atoms with Crippen LogP contribution in [0.5, 0.6) is 0 Å². The van der Waals surface area contributed by atoms with Gasteiger partial charge >= 0.3 is 12.1 Å². The van der Waals surface area contributed by atoms with Gasteiger partial charge in [-0.05, 0) is 38.1 Å². The van der Waals surface area contributed by atoms with Gasteiger partial charge in [0.15, 0.2) is 0 Å². The molecule has 0 bridgehead atoms. The zero-order valence-electron chi connectivity index (χ0n) is 19.4. The molecule has 36 heavy (non-hydrogen) atoms. The van der Waals surface area contributed by atoms with Crippen LogP contribution in [0.3, 0.4) is 0 Å². The van der Waals surface area contributed by atoms with E-state index in [1.54, 1.807) is 24.4 Å². The van der Waals surface area contributed by atoms with E-state index in [1.165, 1.54) is 0 Å². The van der Waals surface area contributed by atoms with Gasteiger partial charge in [-0.15, -0.1) is 0 Å². The SMILES string of the molecule is CC(C)n1c2ccccc2c2c1cc(C(=O)NCc1ccccn1)n2S(C)(=O)=O.O=C(O)C(F)(F)F. The Morgan fingerprint density at radius 1 is 1.08 bits per heavy atom. The van der Waals surface area contributed by atoms with E-state index in [1.807, 2.05) is 44.2 Å². The van der Waals surface area contributed by atoms with Crippen molar-refractivity contribution < 1.29 is 36.3 Å². The van der Waals surface area contributed by atoms with E-state index in [-0.39, 0.29) is 18.3 Å². The van der Waals surface area contributed by atoms with Crippen molar-refractivity contribution >= 4 is 43.8 Å². The van der Waals surface area contributed by atoms with Crippen molar-refractivity contribution in [2.24, 2.45) is 0 Å². The van der Waals surface area contributed by atoms with Gasteiger partial charge in [0.25, 0.3) is 5.91 Å². The molecule has 1 amide bonds. The summed E-state index contributed by atoms with van der Waals surface area (Å²) >= 11 is 0. The van der Waals surface area contributed by atoms with Crippen LogP contribution >= 0.6 is 0 Å². The highest BCUT2D eigenvalue weighted by atomic mass is 32.2. The Kier molecular flexibility index (Phi) is 7.43. The molecular weight excluding hydrogens is 501 g/mol. The molecule has 1 aromatic carbocycles. The highest BCUT2D eigenvalue weighted by Crippen LogP contribution is 2.35. The maximum absolute atomic E-state index is 12.9. The van der Waals surface area contributed by atoms with E-state index in [0.717, 1.165) is 26.6 Å². The summed E-state index contributed by atoms with van der Waals surface area (Å²) in [7, 11) is -3.72. The number of nitrogens with zero attached hydrogens (tertiary/aromatic N) is 3. The summed E-state index contributed by atoms with van der Waals surface area (Å²) in [6.07, 6.45) is -2.32. The van der Waals surface area contributed by atoms with Gasteiger partial charge in [-0.2, -0.15) is 13.2 Å². The van der Waals surface area contributed by atoms with Crippen LogP contribution in [0, 0.1) is 0 Å². The lowest BCUT2D eigenvalue weighted by molar-refractivity contribution is -0.192. The molecule has 0 aliphatic rings. The average molecular weight is 525 g/mol. The quantitative estimate of drug-likeness (QED) is 0.408. The number of carboxylic acid groups (broad SMARTS) is 1. The van der Waals surface area contributed by atoms with Crippen LogP contribution in [0.25, 0.3) is 21.9 Å². The summed E-state index contributed by atoms with van der Waals surface area (Å²) in [5.41, 5.74) is 2.97. The smallest absolute Gasteiger partial charge is 0.475 e. The number of rotatable bonds is 5. The van der Waals surface area contributed by atoms with E-state index >= 15 is 0 Å². The largest absolute Gasteiger partial charge is 0.490 e. The van der Waals surface area contributed by atoms with Crippen LogP contribution in [-0.4, -0.2) is 51.4 Å². The molecule has 9 nitrogen and oxygen atoms in total. The number of nitrogens with one attached hydrogen (secondary N) is 1. The first kappa shape index (κ1) is 26.7. The van der Waals surface area contributed by atoms with Gasteiger partial charge in [0.1, 0.15) is 5.69 Å². The fraction of sp³-hybridized carbons (Fsp3) is 0.261. The lowest BCUT2D eigenvalue weighted by Gasteiger charge is -2.11. The first-order valence-corrected chi connectivity index (χ1v) is 12.4. The molecule has 0 aliphatic heterocycles. The molecule has 0 unspecified atom stereocenters. The number of carboxylic acids is 1. The number of para-hydroxylation sites is 1. The molecule has 0 aliphatic carbocycles. The predicted molar refractivity (Wildman–Crippen MR) is 127 cm³/mol. The fourth-order valence-electron chi connectivity index (χ4n) is 3.75. The molecule has 4 rings (SSSR count). The third-order valence-corrected chi connectivity index (χ3v) is 6.14. The number of alkyl halides is 3. The van der Waals surface area contributed by atoms with Crippen molar-refractivity contribution in [1.29, 1.82) is 0 Å². The number of halogens is 3. The maximum atomic E-state index is 12.9. The molecule has 0 spiro atoms. The van der Waals surface area contributed by atoms with E-state index < -0.39 is 28.1 Å². The highest BCUT2D eigenvalue weighted by Gasteiger charge is 2.38. The van der Waals surface area contributed by atoms with Crippen molar-refractivity contribution in [1.82, 2.24) is 18.8 Å². The van der Waals surface area contributed by atoms with E-state index in [9.17, 15) is 26.4 Å². The molecule has 4 aromatic rings. The minimum atomic E-state index is -5.08. The lowest BCUT2D eigenvalue weighted by atomic mass is 10.2. The van der Waals surface area contributed by atoms with Crippen LogP contribution in [0.2, 0.25) is 0 Å². The van der Waals surface area contributed by atoms with Crippen LogP contribution in [0.4, 0.5) is 13.2 Å². The van der Waals surface area contributed by atoms with Gasteiger partial charge in [-0.1, -0.05) is 24.3 Å². The fourth-order valence-corrected chi connectivity index (χ4v) is 4.76. The van der Waals surface area contributed by atoms with Crippen molar-refractivity contribution in [3.8, 4) is 0 Å². The molecule has 3 aromatic heterocycles. The van der Waals surface area contributed by atoms with Gasteiger partial charge in [0.2, 0.25) is 10.0 Å². The Hall–Kier alpha value is -3.87. The molecule has 2 N–H and O–H groups in total.